The summed E-state index contributed by atoms with van der Waals surface area (Å²) in [5.41, 5.74) is 1.52. The molecular formula is C20H19Cl2N3O3. The van der Waals surface area contributed by atoms with Gasteiger partial charge in [0, 0.05) is 29.2 Å². The van der Waals surface area contributed by atoms with Crippen molar-refractivity contribution in [3.63, 3.8) is 0 Å². The lowest BCUT2D eigenvalue weighted by Gasteiger charge is -2.19. The Hall–Kier alpha value is -2.57. The lowest BCUT2D eigenvalue weighted by atomic mass is 10.2. The highest BCUT2D eigenvalue weighted by Crippen LogP contribution is 2.31. The van der Waals surface area contributed by atoms with Crippen molar-refractivity contribution in [2.45, 2.75) is 25.8 Å². The van der Waals surface area contributed by atoms with Crippen LogP contribution in [0.25, 0.3) is 0 Å². The van der Waals surface area contributed by atoms with E-state index in [1.165, 1.54) is 0 Å². The van der Waals surface area contributed by atoms with Gasteiger partial charge < -0.3 is 15.5 Å². The summed E-state index contributed by atoms with van der Waals surface area (Å²) >= 11 is 12.1. The normalized spacial score (nSPS) is 14.7. The van der Waals surface area contributed by atoms with Gasteiger partial charge in [-0.15, -0.1) is 0 Å². The van der Waals surface area contributed by atoms with Gasteiger partial charge in [-0.1, -0.05) is 23.2 Å². The van der Waals surface area contributed by atoms with Crippen molar-refractivity contribution in [3.05, 3.63) is 58.1 Å². The summed E-state index contributed by atoms with van der Waals surface area (Å²) in [7, 11) is 0. The van der Waals surface area contributed by atoms with E-state index in [9.17, 15) is 14.4 Å². The van der Waals surface area contributed by atoms with Crippen LogP contribution in [0.2, 0.25) is 10.0 Å². The molecule has 3 amide bonds. The van der Waals surface area contributed by atoms with Crippen molar-refractivity contribution >= 4 is 52.3 Å². The minimum absolute atomic E-state index is 0.0391. The predicted molar refractivity (Wildman–Crippen MR) is 110 cm³/mol. The van der Waals surface area contributed by atoms with Crippen LogP contribution in [-0.4, -0.2) is 30.3 Å². The number of carbonyl (C=O) groups excluding carboxylic acids is 3. The standard InChI is InChI=1S/C20H19Cl2N3O3/c1-12(23-20(28)13-4-6-14(21)7-5-13)19(27)24-15-8-9-17(16(22)11-15)25-10-2-3-18(25)26/h4-9,11-12H,2-3,10H2,1H3,(H,23,28)(H,24,27). The van der Waals surface area contributed by atoms with Crippen molar-refractivity contribution in [2.75, 3.05) is 16.8 Å². The molecule has 6 nitrogen and oxygen atoms in total. The first-order valence-corrected chi connectivity index (χ1v) is 9.58. The highest BCUT2D eigenvalue weighted by atomic mass is 35.5. The molecule has 2 N–H and O–H groups in total. The van der Waals surface area contributed by atoms with Gasteiger partial charge in [-0.25, -0.2) is 0 Å². The van der Waals surface area contributed by atoms with Crippen LogP contribution in [0.3, 0.4) is 0 Å². The molecule has 0 aliphatic carbocycles. The molecule has 1 unspecified atom stereocenters. The number of benzene rings is 2. The molecule has 1 atom stereocenters. The first kappa shape index (κ1) is 20.2. The maximum absolute atomic E-state index is 12.4. The molecule has 2 aromatic rings. The van der Waals surface area contributed by atoms with E-state index in [0.717, 1.165) is 6.42 Å². The third-order valence-electron chi connectivity index (χ3n) is 4.43. The van der Waals surface area contributed by atoms with Crippen LogP contribution < -0.4 is 15.5 Å². The smallest absolute Gasteiger partial charge is 0.251 e. The quantitative estimate of drug-likeness (QED) is 0.771. The van der Waals surface area contributed by atoms with Gasteiger partial charge in [0.2, 0.25) is 11.8 Å². The molecule has 146 valence electrons. The van der Waals surface area contributed by atoms with Crippen LogP contribution in [0, 0.1) is 0 Å². The van der Waals surface area contributed by atoms with Crippen molar-refractivity contribution in [2.24, 2.45) is 0 Å². The van der Waals surface area contributed by atoms with Crippen LogP contribution in [0.1, 0.15) is 30.1 Å². The fraction of sp³-hybridized carbons (Fsp3) is 0.250. The Morgan fingerprint density at radius 2 is 1.82 bits per heavy atom. The summed E-state index contributed by atoms with van der Waals surface area (Å²) in [6, 6.07) is 10.6. The summed E-state index contributed by atoms with van der Waals surface area (Å²) in [5, 5.41) is 6.25. The molecular weight excluding hydrogens is 401 g/mol. The number of nitrogens with one attached hydrogen (secondary N) is 2. The molecule has 1 fully saturated rings. The van der Waals surface area contributed by atoms with Crippen molar-refractivity contribution in [3.8, 4) is 0 Å². The largest absolute Gasteiger partial charge is 0.341 e. The zero-order valence-electron chi connectivity index (χ0n) is 15.2. The van der Waals surface area contributed by atoms with E-state index >= 15 is 0 Å². The number of rotatable bonds is 5. The van der Waals surface area contributed by atoms with Gasteiger partial charge in [0.25, 0.3) is 5.91 Å². The topological polar surface area (TPSA) is 78.5 Å². The molecule has 1 aliphatic rings. The molecule has 0 radical (unpaired) electrons. The number of halogens is 2. The fourth-order valence-electron chi connectivity index (χ4n) is 2.90. The molecule has 0 aromatic heterocycles. The number of nitrogens with zero attached hydrogens (tertiary/aromatic N) is 1. The highest BCUT2D eigenvalue weighted by Gasteiger charge is 2.24. The van der Waals surface area contributed by atoms with E-state index in [-0.39, 0.29) is 17.7 Å². The van der Waals surface area contributed by atoms with Crippen LogP contribution in [0.15, 0.2) is 42.5 Å². The fourth-order valence-corrected chi connectivity index (χ4v) is 3.31. The first-order valence-electron chi connectivity index (χ1n) is 8.82. The summed E-state index contributed by atoms with van der Waals surface area (Å²) in [6.07, 6.45) is 1.32. The van der Waals surface area contributed by atoms with E-state index in [2.05, 4.69) is 10.6 Å². The van der Waals surface area contributed by atoms with Gasteiger partial charge in [-0.05, 0) is 55.8 Å². The Bertz CT molecular complexity index is 915. The number of hydrogen-bond donors (Lipinski definition) is 2. The summed E-state index contributed by atoms with van der Waals surface area (Å²) in [5.74, 6) is -0.721. The molecule has 1 saturated heterocycles. The van der Waals surface area contributed by atoms with Crippen molar-refractivity contribution < 1.29 is 14.4 Å². The Labute approximate surface area is 172 Å². The first-order chi connectivity index (χ1) is 13.3. The van der Waals surface area contributed by atoms with Crippen LogP contribution in [0.4, 0.5) is 11.4 Å². The Kier molecular flexibility index (Phi) is 6.21. The third kappa shape index (κ3) is 4.64. The van der Waals surface area contributed by atoms with E-state index in [1.54, 1.807) is 54.3 Å². The second-order valence-electron chi connectivity index (χ2n) is 6.51. The molecule has 8 heteroatoms. The molecule has 3 rings (SSSR count). The van der Waals surface area contributed by atoms with Crippen LogP contribution in [0.5, 0.6) is 0 Å². The van der Waals surface area contributed by atoms with Gasteiger partial charge >= 0.3 is 0 Å². The second-order valence-corrected chi connectivity index (χ2v) is 7.35. The van der Waals surface area contributed by atoms with Crippen LogP contribution in [-0.2, 0) is 9.59 Å². The summed E-state index contributed by atoms with van der Waals surface area (Å²) in [4.78, 5) is 38.1. The van der Waals surface area contributed by atoms with Gasteiger partial charge in [0.1, 0.15) is 6.04 Å². The monoisotopic (exact) mass is 419 g/mol. The average molecular weight is 420 g/mol. The van der Waals surface area contributed by atoms with Gasteiger partial charge in [0.15, 0.2) is 0 Å². The van der Waals surface area contributed by atoms with Crippen molar-refractivity contribution in [1.29, 1.82) is 0 Å². The van der Waals surface area contributed by atoms with Crippen LogP contribution >= 0.6 is 23.2 Å². The van der Waals surface area contributed by atoms with Gasteiger partial charge in [0.05, 0.1) is 10.7 Å². The molecule has 0 saturated carbocycles. The number of amides is 3. The summed E-state index contributed by atoms with van der Waals surface area (Å²) < 4.78 is 0. The SMILES string of the molecule is CC(NC(=O)c1ccc(Cl)cc1)C(=O)Nc1ccc(N2CCCC2=O)c(Cl)c1. The maximum atomic E-state index is 12.4. The summed E-state index contributed by atoms with van der Waals surface area (Å²) in [6.45, 7) is 2.22. The minimum atomic E-state index is -0.762. The van der Waals surface area contributed by atoms with Gasteiger partial charge in [-0.2, -0.15) is 0 Å². The minimum Gasteiger partial charge on any atom is -0.341 e. The highest BCUT2D eigenvalue weighted by molar-refractivity contribution is 6.34. The van der Waals surface area contributed by atoms with E-state index in [1.807, 2.05) is 0 Å². The molecule has 0 spiro atoms. The average Bonchev–Trinajstić information content (AvgIpc) is 3.08. The van der Waals surface area contributed by atoms with Gasteiger partial charge in [-0.3, -0.25) is 14.4 Å². The number of anilines is 2. The lowest BCUT2D eigenvalue weighted by molar-refractivity contribution is -0.118. The van der Waals surface area contributed by atoms with E-state index < -0.39 is 6.04 Å². The molecule has 1 heterocycles. The zero-order chi connectivity index (χ0) is 20.3. The van der Waals surface area contributed by atoms with E-state index in [0.29, 0.717) is 39.9 Å². The molecule has 2 aromatic carbocycles. The Morgan fingerprint density at radius 1 is 1.11 bits per heavy atom. The second kappa shape index (κ2) is 8.63. The predicted octanol–water partition coefficient (Wildman–Crippen LogP) is 3.88. The Morgan fingerprint density at radius 3 is 2.43 bits per heavy atom. The van der Waals surface area contributed by atoms with Crippen molar-refractivity contribution in [1.82, 2.24) is 5.32 Å². The lowest BCUT2D eigenvalue weighted by Crippen LogP contribution is -2.41. The third-order valence-corrected chi connectivity index (χ3v) is 4.98. The molecule has 0 bridgehead atoms. The molecule has 28 heavy (non-hydrogen) atoms. The number of carbonyl (C=O) groups is 3. The zero-order valence-corrected chi connectivity index (χ0v) is 16.7. The Balaban J connectivity index is 1.62. The number of hydrogen-bond acceptors (Lipinski definition) is 3. The molecule has 1 aliphatic heterocycles. The van der Waals surface area contributed by atoms with E-state index in [4.69, 9.17) is 23.2 Å². The maximum Gasteiger partial charge on any atom is 0.251 e.